The highest BCUT2D eigenvalue weighted by atomic mass is 35.5. The molecule has 0 unspecified atom stereocenters. The van der Waals surface area contributed by atoms with Crippen molar-refractivity contribution in [2.24, 2.45) is 0 Å². The van der Waals surface area contributed by atoms with Crippen LogP contribution < -0.4 is 0 Å². The minimum absolute atomic E-state index is 0.0668. The largest absolute Gasteiger partial charge is 0.349 e. The number of rotatable bonds is 4. The van der Waals surface area contributed by atoms with Crippen molar-refractivity contribution in [2.45, 2.75) is 11.2 Å². The number of benzene rings is 1. The van der Waals surface area contributed by atoms with Crippen LogP contribution in [0.1, 0.15) is 0 Å². The van der Waals surface area contributed by atoms with E-state index in [1.165, 1.54) is 13.1 Å². The lowest BCUT2D eigenvalue weighted by Crippen LogP contribution is -2.34. The lowest BCUT2D eigenvalue weighted by molar-refractivity contribution is -0.0482. The van der Waals surface area contributed by atoms with Crippen molar-refractivity contribution < 1.29 is 22.3 Å². The van der Waals surface area contributed by atoms with Crippen molar-refractivity contribution in [2.75, 3.05) is 26.8 Å². The molecule has 1 heterocycles. The molecule has 0 radical (unpaired) electrons. The first-order valence-electron chi connectivity index (χ1n) is 5.56. The van der Waals surface area contributed by atoms with E-state index in [0.29, 0.717) is 13.2 Å². The standard InChI is InChI=1S/C11H13ClFNO4S/c1-14(7-11-17-4-5-18-11)19(15,16)8-2-3-10(13)9(12)6-8/h2-3,6,11H,4-5,7H2,1H3. The van der Waals surface area contributed by atoms with Crippen LogP contribution in [0.5, 0.6) is 0 Å². The van der Waals surface area contributed by atoms with Gasteiger partial charge in [-0.25, -0.2) is 12.8 Å². The minimum Gasteiger partial charge on any atom is -0.349 e. The van der Waals surface area contributed by atoms with Gasteiger partial charge in [0, 0.05) is 7.05 Å². The summed E-state index contributed by atoms with van der Waals surface area (Å²) in [5.74, 6) is -0.661. The second-order valence-corrected chi connectivity index (χ2v) is 6.48. The molecule has 0 spiro atoms. The Kier molecular flexibility index (Phi) is 4.42. The Morgan fingerprint density at radius 2 is 2.05 bits per heavy atom. The van der Waals surface area contributed by atoms with Gasteiger partial charge in [0.25, 0.3) is 0 Å². The van der Waals surface area contributed by atoms with Crippen LogP contribution in [0, 0.1) is 5.82 Å². The van der Waals surface area contributed by atoms with E-state index in [0.717, 1.165) is 16.4 Å². The monoisotopic (exact) mass is 309 g/mol. The molecule has 0 N–H and O–H groups in total. The minimum atomic E-state index is -3.74. The molecular weight excluding hydrogens is 297 g/mol. The highest BCUT2D eigenvalue weighted by molar-refractivity contribution is 7.89. The molecule has 0 aromatic heterocycles. The first kappa shape index (κ1) is 14.7. The molecule has 8 heteroatoms. The lowest BCUT2D eigenvalue weighted by atomic mass is 10.3. The van der Waals surface area contributed by atoms with E-state index in [9.17, 15) is 12.8 Å². The maximum Gasteiger partial charge on any atom is 0.243 e. The van der Waals surface area contributed by atoms with Crippen LogP contribution in [-0.4, -0.2) is 45.8 Å². The Balaban J connectivity index is 2.18. The summed E-state index contributed by atoms with van der Waals surface area (Å²) in [5, 5.41) is -0.233. The van der Waals surface area contributed by atoms with Gasteiger partial charge in [0.1, 0.15) is 5.82 Å². The van der Waals surface area contributed by atoms with Crippen LogP contribution >= 0.6 is 11.6 Å². The highest BCUT2D eigenvalue weighted by Crippen LogP contribution is 2.22. The zero-order valence-electron chi connectivity index (χ0n) is 10.2. The molecule has 0 saturated carbocycles. The summed E-state index contributed by atoms with van der Waals surface area (Å²) in [6.07, 6.45) is -0.573. The molecule has 0 aliphatic carbocycles. The predicted octanol–water partition coefficient (Wildman–Crippen LogP) is 1.47. The van der Waals surface area contributed by atoms with Gasteiger partial charge in [-0.15, -0.1) is 0 Å². The molecule has 19 heavy (non-hydrogen) atoms. The van der Waals surface area contributed by atoms with E-state index < -0.39 is 22.1 Å². The van der Waals surface area contributed by atoms with Crippen molar-refractivity contribution in [1.29, 1.82) is 0 Å². The van der Waals surface area contributed by atoms with Gasteiger partial charge in [0.05, 0.1) is 29.7 Å². The normalized spacial score (nSPS) is 17.3. The Bertz CT molecular complexity index is 560. The maximum absolute atomic E-state index is 13.0. The number of sulfonamides is 1. The second-order valence-electron chi connectivity index (χ2n) is 4.03. The van der Waals surface area contributed by atoms with Crippen molar-refractivity contribution >= 4 is 21.6 Å². The second kappa shape index (κ2) is 5.72. The number of likely N-dealkylation sites (N-methyl/N-ethyl adjacent to an activating group) is 1. The molecule has 1 saturated heterocycles. The van der Waals surface area contributed by atoms with Gasteiger partial charge < -0.3 is 9.47 Å². The molecule has 1 aliphatic rings. The van der Waals surface area contributed by atoms with Crippen LogP contribution in [0.3, 0.4) is 0 Å². The summed E-state index contributed by atoms with van der Waals surface area (Å²) in [7, 11) is -2.34. The molecule has 5 nitrogen and oxygen atoms in total. The van der Waals surface area contributed by atoms with E-state index in [-0.39, 0.29) is 16.5 Å². The fourth-order valence-electron chi connectivity index (χ4n) is 1.64. The number of hydrogen-bond donors (Lipinski definition) is 0. The molecule has 1 aromatic rings. The summed E-state index contributed by atoms with van der Waals surface area (Å²) in [4.78, 5) is -0.0700. The van der Waals surface area contributed by atoms with Crippen molar-refractivity contribution in [3.8, 4) is 0 Å². The molecule has 1 fully saturated rings. The molecule has 106 valence electrons. The van der Waals surface area contributed by atoms with Crippen molar-refractivity contribution in [1.82, 2.24) is 4.31 Å². The summed E-state index contributed by atoms with van der Waals surface area (Å²) >= 11 is 5.59. The van der Waals surface area contributed by atoms with Crippen molar-refractivity contribution in [3.05, 3.63) is 29.0 Å². The van der Waals surface area contributed by atoms with Gasteiger partial charge in [-0.1, -0.05) is 11.6 Å². The van der Waals surface area contributed by atoms with Gasteiger partial charge >= 0.3 is 0 Å². The van der Waals surface area contributed by atoms with Crippen LogP contribution in [-0.2, 0) is 19.5 Å². The molecule has 0 atom stereocenters. The third kappa shape index (κ3) is 3.24. The van der Waals surface area contributed by atoms with Gasteiger partial charge in [-0.05, 0) is 18.2 Å². The fraction of sp³-hybridized carbons (Fsp3) is 0.455. The zero-order valence-corrected chi connectivity index (χ0v) is 11.7. The summed E-state index contributed by atoms with van der Waals surface area (Å²) < 4.78 is 48.9. The van der Waals surface area contributed by atoms with Gasteiger partial charge in [-0.2, -0.15) is 4.31 Å². The number of hydrogen-bond acceptors (Lipinski definition) is 4. The number of ether oxygens (including phenoxy) is 2. The van der Waals surface area contributed by atoms with Gasteiger partial charge in [0.2, 0.25) is 10.0 Å². The van der Waals surface area contributed by atoms with E-state index >= 15 is 0 Å². The fourth-order valence-corrected chi connectivity index (χ4v) is 3.07. The number of halogens is 2. The predicted molar refractivity (Wildman–Crippen MR) is 66.9 cm³/mol. The number of nitrogens with zero attached hydrogens (tertiary/aromatic N) is 1. The lowest BCUT2D eigenvalue weighted by Gasteiger charge is -2.20. The van der Waals surface area contributed by atoms with Crippen molar-refractivity contribution in [3.63, 3.8) is 0 Å². The first-order chi connectivity index (χ1) is 8.91. The van der Waals surface area contributed by atoms with E-state index in [2.05, 4.69) is 0 Å². The molecule has 2 rings (SSSR count). The maximum atomic E-state index is 13.0. The average Bonchev–Trinajstić information content (AvgIpc) is 2.85. The Hall–Kier alpha value is -0.730. The summed E-state index contributed by atoms with van der Waals surface area (Å²) in [6, 6.07) is 3.27. The van der Waals surface area contributed by atoms with E-state index in [4.69, 9.17) is 21.1 Å². The summed E-state index contributed by atoms with van der Waals surface area (Å²) in [5.41, 5.74) is 0. The van der Waals surface area contributed by atoms with E-state index in [1.807, 2.05) is 0 Å². The van der Waals surface area contributed by atoms with Crippen LogP contribution in [0.25, 0.3) is 0 Å². The smallest absolute Gasteiger partial charge is 0.243 e. The average molecular weight is 310 g/mol. The SMILES string of the molecule is CN(CC1OCCO1)S(=O)(=O)c1ccc(F)c(Cl)c1. The topological polar surface area (TPSA) is 55.8 Å². The Morgan fingerprint density at radius 1 is 1.42 bits per heavy atom. The van der Waals surface area contributed by atoms with Crippen LogP contribution in [0.15, 0.2) is 23.1 Å². The third-order valence-corrected chi connectivity index (χ3v) is 4.81. The Labute approximate surface area is 115 Å². The molecule has 1 aromatic carbocycles. The highest BCUT2D eigenvalue weighted by Gasteiger charge is 2.27. The van der Waals surface area contributed by atoms with Gasteiger partial charge in [-0.3, -0.25) is 0 Å². The molecule has 0 bridgehead atoms. The summed E-state index contributed by atoms with van der Waals surface area (Å²) in [6.45, 7) is 0.958. The quantitative estimate of drug-likeness (QED) is 0.845. The zero-order chi connectivity index (χ0) is 14.0. The molecule has 1 aliphatic heterocycles. The van der Waals surface area contributed by atoms with E-state index in [1.54, 1.807) is 0 Å². The molecule has 0 amide bonds. The Morgan fingerprint density at radius 3 is 2.63 bits per heavy atom. The third-order valence-electron chi connectivity index (χ3n) is 2.70. The van der Waals surface area contributed by atoms with Gasteiger partial charge in [0.15, 0.2) is 6.29 Å². The first-order valence-corrected chi connectivity index (χ1v) is 7.37. The molecular formula is C11H13ClFNO4S. The van der Waals surface area contributed by atoms with Crippen LogP contribution in [0.2, 0.25) is 5.02 Å². The van der Waals surface area contributed by atoms with Crippen LogP contribution in [0.4, 0.5) is 4.39 Å².